The molecule has 1 rings (SSSR count). The number of anilines is 1. The van der Waals surface area contributed by atoms with Crippen molar-refractivity contribution in [2.24, 2.45) is 11.1 Å². The van der Waals surface area contributed by atoms with Crippen LogP contribution in [0.2, 0.25) is 0 Å². The van der Waals surface area contributed by atoms with E-state index in [-0.39, 0.29) is 5.91 Å². The summed E-state index contributed by atoms with van der Waals surface area (Å²) in [6.07, 6.45) is 3.18. The Balaban J connectivity index is 3.22. The average Bonchev–Trinajstić information content (AvgIpc) is 2.48. The number of amides is 1. The summed E-state index contributed by atoms with van der Waals surface area (Å²) >= 11 is 5.28. The molecule has 0 atom stereocenters. The topological polar surface area (TPSA) is 46.3 Å². The number of para-hydroxylation sites is 1. The highest BCUT2D eigenvalue weighted by atomic mass is 32.1. The van der Waals surface area contributed by atoms with Crippen molar-refractivity contribution in [3.63, 3.8) is 0 Å². The number of hydrogen-bond acceptors (Lipinski definition) is 2. The van der Waals surface area contributed by atoms with E-state index in [9.17, 15) is 4.79 Å². The molecule has 0 fully saturated rings. The normalized spacial score (nSPS) is 11.2. The summed E-state index contributed by atoms with van der Waals surface area (Å²) in [5.74, 6) is 0.0346. The summed E-state index contributed by atoms with van der Waals surface area (Å²) in [5, 5.41) is 0. The highest BCUT2D eigenvalue weighted by Crippen LogP contribution is 2.34. The lowest BCUT2D eigenvalue weighted by Crippen LogP contribution is -2.51. The lowest BCUT2D eigenvalue weighted by molar-refractivity contribution is -0.125. The molecule has 0 spiro atoms. The van der Waals surface area contributed by atoms with Crippen LogP contribution in [-0.4, -0.2) is 17.4 Å². The maximum atomic E-state index is 13.2. The van der Waals surface area contributed by atoms with Gasteiger partial charge in [-0.1, -0.05) is 57.1 Å². The largest absolute Gasteiger partial charge is 0.392 e. The smallest absolute Gasteiger partial charge is 0.240 e. The first kappa shape index (κ1) is 17.6. The minimum Gasteiger partial charge on any atom is -0.392 e. The molecule has 0 unspecified atom stereocenters. The third-order valence-electron chi connectivity index (χ3n) is 3.86. The molecule has 0 aliphatic carbocycles. The van der Waals surface area contributed by atoms with E-state index < -0.39 is 5.41 Å². The summed E-state index contributed by atoms with van der Waals surface area (Å²) in [6.45, 7) is 6.72. The first-order valence-electron chi connectivity index (χ1n) is 7.70. The molecule has 116 valence electrons. The Hall–Kier alpha value is -1.42. The van der Waals surface area contributed by atoms with Gasteiger partial charge in [0, 0.05) is 12.2 Å². The molecule has 0 aliphatic heterocycles. The van der Waals surface area contributed by atoms with Crippen LogP contribution in [0.1, 0.15) is 46.5 Å². The van der Waals surface area contributed by atoms with Crippen LogP contribution < -0.4 is 10.6 Å². The molecule has 3 nitrogen and oxygen atoms in total. The molecular weight excluding hydrogens is 280 g/mol. The molecule has 0 saturated heterocycles. The summed E-state index contributed by atoms with van der Waals surface area (Å²) in [7, 11) is 0. The van der Waals surface area contributed by atoms with E-state index in [0.717, 1.165) is 18.5 Å². The number of thiocarbonyl (C=S) groups is 1. The van der Waals surface area contributed by atoms with Crippen LogP contribution in [0.25, 0.3) is 0 Å². The van der Waals surface area contributed by atoms with E-state index >= 15 is 0 Å². The molecule has 1 amide bonds. The van der Waals surface area contributed by atoms with E-state index in [1.54, 1.807) is 4.90 Å². The van der Waals surface area contributed by atoms with Crippen LogP contribution in [0.3, 0.4) is 0 Å². The number of hydrogen-bond donors (Lipinski definition) is 1. The molecule has 0 aromatic heterocycles. The Labute approximate surface area is 133 Å². The van der Waals surface area contributed by atoms with Gasteiger partial charge < -0.3 is 10.6 Å². The van der Waals surface area contributed by atoms with Gasteiger partial charge in [0.05, 0.1) is 10.4 Å². The van der Waals surface area contributed by atoms with Gasteiger partial charge in [-0.2, -0.15) is 0 Å². The van der Waals surface area contributed by atoms with Crippen LogP contribution in [-0.2, 0) is 4.79 Å². The summed E-state index contributed by atoms with van der Waals surface area (Å²) < 4.78 is 0. The molecule has 4 heteroatoms. The molecule has 2 N–H and O–H groups in total. The van der Waals surface area contributed by atoms with Crippen molar-refractivity contribution in [2.75, 3.05) is 11.4 Å². The van der Waals surface area contributed by atoms with Gasteiger partial charge >= 0.3 is 0 Å². The molecule has 0 bridgehead atoms. The van der Waals surface area contributed by atoms with Gasteiger partial charge in [0.15, 0.2) is 0 Å². The van der Waals surface area contributed by atoms with Gasteiger partial charge in [0.25, 0.3) is 0 Å². The van der Waals surface area contributed by atoms with E-state index in [1.165, 1.54) is 0 Å². The molecule has 0 saturated carbocycles. The lowest BCUT2D eigenvalue weighted by atomic mass is 9.77. The maximum Gasteiger partial charge on any atom is 0.240 e. The van der Waals surface area contributed by atoms with Gasteiger partial charge in [0.2, 0.25) is 5.91 Å². The quantitative estimate of drug-likeness (QED) is 0.741. The van der Waals surface area contributed by atoms with Gasteiger partial charge in [-0.15, -0.1) is 0 Å². The molecular formula is C17H26N2OS. The Kier molecular flexibility index (Phi) is 6.82. The molecule has 1 aromatic rings. The number of nitrogens with two attached hydrogens (primary N) is 1. The first-order chi connectivity index (χ1) is 10.0. The van der Waals surface area contributed by atoms with Crippen molar-refractivity contribution in [1.29, 1.82) is 0 Å². The van der Waals surface area contributed by atoms with Crippen LogP contribution in [0.5, 0.6) is 0 Å². The fourth-order valence-corrected chi connectivity index (χ4v) is 3.15. The van der Waals surface area contributed by atoms with Crippen molar-refractivity contribution >= 4 is 28.8 Å². The van der Waals surface area contributed by atoms with Crippen molar-refractivity contribution in [3.8, 4) is 0 Å². The van der Waals surface area contributed by atoms with E-state index in [4.69, 9.17) is 18.0 Å². The third kappa shape index (κ3) is 3.82. The lowest BCUT2D eigenvalue weighted by Gasteiger charge is -2.36. The Morgan fingerprint density at radius 1 is 1.14 bits per heavy atom. The molecule has 1 aromatic carbocycles. The second-order valence-electron chi connectivity index (χ2n) is 5.33. The van der Waals surface area contributed by atoms with E-state index in [0.29, 0.717) is 24.4 Å². The number of carbonyl (C=O) groups is 1. The van der Waals surface area contributed by atoms with Crippen LogP contribution in [0.4, 0.5) is 5.69 Å². The van der Waals surface area contributed by atoms with Crippen molar-refractivity contribution < 1.29 is 4.79 Å². The monoisotopic (exact) mass is 306 g/mol. The van der Waals surface area contributed by atoms with Crippen LogP contribution in [0.15, 0.2) is 30.3 Å². The molecule has 0 heterocycles. The van der Waals surface area contributed by atoms with E-state index in [2.05, 4.69) is 13.8 Å². The SMILES string of the molecule is CCCC(CCC)(C(=O)N(CC)c1ccccc1)C(N)=S. The highest BCUT2D eigenvalue weighted by molar-refractivity contribution is 7.80. The summed E-state index contributed by atoms with van der Waals surface area (Å²) in [5.41, 5.74) is 6.18. The molecule has 0 radical (unpaired) electrons. The van der Waals surface area contributed by atoms with Crippen molar-refractivity contribution in [3.05, 3.63) is 30.3 Å². The average molecular weight is 306 g/mol. The standard InChI is InChI=1S/C17H26N2OS/c1-4-12-17(13-5-2,15(18)21)16(20)19(6-3)14-10-8-7-9-11-14/h7-11H,4-6,12-13H2,1-3H3,(H2,18,21). The fraction of sp³-hybridized carbons (Fsp3) is 0.529. The third-order valence-corrected chi connectivity index (χ3v) is 4.25. The van der Waals surface area contributed by atoms with Crippen molar-refractivity contribution in [1.82, 2.24) is 0 Å². The minimum atomic E-state index is -0.718. The minimum absolute atomic E-state index is 0.0346. The fourth-order valence-electron chi connectivity index (χ4n) is 2.85. The second kappa shape index (κ2) is 8.13. The predicted octanol–water partition coefficient (Wildman–Crippen LogP) is 3.91. The maximum absolute atomic E-state index is 13.2. The number of carbonyl (C=O) groups excluding carboxylic acids is 1. The van der Waals surface area contributed by atoms with Gasteiger partial charge in [-0.05, 0) is 31.9 Å². The van der Waals surface area contributed by atoms with Crippen molar-refractivity contribution in [2.45, 2.75) is 46.5 Å². The van der Waals surface area contributed by atoms with Gasteiger partial charge in [0.1, 0.15) is 0 Å². The van der Waals surface area contributed by atoms with Crippen LogP contribution in [0, 0.1) is 5.41 Å². The number of nitrogens with zero attached hydrogens (tertiary/aromatic N) is 1. The van der Waals surface area contributed by atoms with E-state index in [1.807, 2.05) is 37.3 Å². The molecule has 21 heavy (non-hydrogen) atoms. The summed E-state index contributed by atoms with van der Waals surface area (Å²) in [4.78, 5) is 15.3. The zero-order valence-electron chi connectivity index (χ0n) is 13.3. The predicted molar refractivity (Wildman–Crippen MR) is 93.5 cm³/mol. The Bertz CT molecular complexity index is 467. The number of rotatable bonds is 8. The Morgan fingerprint density at radius 2 is 1.67 bits per heavy atom. The van der Waals surface area contributed by atoms with Gasteiger partial charge in [-0.3, -0.25) is 4.79 Å². The van der Waals surface area contributed by atoms with Crippen LogP contribution >= 0.6 is 12.2 Å². The Morgan fingerprint density at radius 3 is 2.05 bits per heavy atom. The zero-order chi connectivity index (χ0) is 15.9. The zero-order valence-corrected chi connectivity index (χ0v) is 14.1. The highest BCUT2D eigenvalue weighted by Gasteiger charge is 2.42. The first-order valence-corrected chi connectivity index (χ1v) is 8.11. The van der Waals surface area contributed by atoms with Gasteiger partial charge in [-0.25, -0.2) is 0 Å². The second-order valence-corrected chi connectivity index (χ2v) is 5.77. The molecule has 0 aliphatic rings. The number of benzene rings is 1. The summed E-state index contributed by atoms with van der Waals surface area (Å²) in [6, 6.07) is 9.72.